The van der Waals surface area contributed by atoms with Crippen molar-refractivity contribution in [2.24, 2.45) is 5.92 Å². The van der Waals surface area contributed by atoms with Crippen LogP contribution in [0.4, 0.5) is 0 Å². The highest BCUT2D eigenvalue weighted by molar-refractivity contribution is 5.75. The van der Waals surface area contributed by atoms with Crippen LogP contribution in [0.5, 0.6) is 5.75 Å². The minimum Gasteiger partial charge on any atom is -0.492 e. The van der Waals surface area contributed by atoms with Gasteiger partial charge in [-0.3, -0.25) is 20.6 Å². The summed E-state index contributed by atoms with van der Waals surface area (Å²) < 4.78 is 5.56. The van der Waals surface area contributed by atoms with E-state index in [1.807, 2.05) is 12.1 Å². The van der Waals surface area contributed by atoms with Crippen LogP contribution in [0.3, 0.4) is 0 Å². The van der Waals surface area contributed by atoms with E-state index in [1.165, 1.54) is 25.7 Å². The van der Waals surface area contributed by atoms with E-state index in [4.69, 9.17) is 4.74 Å². The van der Waals surface area contributed by atoms with Crippen molar-refractivity contribution in [2.45, 2.75) is 57.0 Å². The molecule has 1 aliphatic carbocycles. The van der Waals surface area contributed by atoms with Crippen molar-refractivity contribution in [1.29, 1.82) is 0 Å². The standard InChI is InChI=1S/C18H28N4O2/c23-18(20-11-4-12-24-14-5-3-10-19-13-14)9-8-17-15-6-1-2-7-16(15)21-22-17/h3,5,10,13,15-17,21-22H,1-2,4,6-9,11-12H2,(H,20,23). The molecular weight excluding hydrogens is 304 g/mol. The average molecular weight is 332 g/mol. The molecule has 6 heteroatoms. The molecule has 3 unspecified atom stereocenters. The van der Waals surface area contributed by atoms with Crippen molar-refractivity contribution in [3.63, 3.8) is 0 Å². The van der Waals surface area contributed by atoms with Gasteiger partial charge in [0.25, 0.3) is 0 Å². The summed E-state index contributed by atoms with van der Waals surface area (Å²) in [5.74, 6) is 1.60. The van der Waals surface area contributed by atoms with Crippen molar-refractivity contribution < 1.29 is 9.53 Å². The van der Waals surface area contributed by atoms with Crippen molar-refractivity contribution in [3.8, 4) is 5.75 Å². The fourth-order valence-corrected chi connectivity index (χ4v) is 3.73. The molecule has 24 heavy (non-hydrogen) atoms. The second-order valence-corrected chi connectivity index (χ2v) is 6.73. The molecule has 1 saturated heterocycles. The van der Waals surface area contributed by atoms with E-state index in [9.17, 15) is 4.79 Å². The first-order valence-electron chi connectivity index (χ1n) is 9.13. The molecule has 0 radical (unpaired) electrons. The number of hydrogen-bond donors (Lipinski definition) is 3. The van der Waals surface area contributed by atoms with E-state index in [0.29, 0.717) is 37.6 Å². The molecule has 2 heterocycles. The number of amides is 1. The van der Waals surface area contributed by atoms with Gasteiger partial charge in [0, 0.05) is 31.2 Å². The maximum absolute atomic E-state index is 12.0. The second kappa shape index (κ2) is 8.99. The molecule has 132 valence electrons. The van der Waals surface area contributed by atoms with Crippen LogP contribution in [0.1, 0.15) is 44.9 Å². The fourth-order valence-electron chi connectivity index (χ4n) is 3.73. The number of hydrogen-bond acceptors (Lipinski definition) is 5. The topological polar surface area (TPSA) is 75.3 Å². The van der Waals surface area contributed by atoms with Crippen molar-refractivity contribution in [3.05, 3.63) is 24.5 Å². The van der Waals surface area contributed by atoms with Crippen LogP contribution in [0.25, 0.3) is 0 Å². The van der Waals surface area contributed by atoms with Crippen molar-refractivity contribution >= 4 is 5.91 Å². The van der Waals surface area contributed by atoms with E-state index in [-0.39, 0.29) is 5.91 Å². The van der Waals surface area contributed by atoms with Crippen LogP contribution in [0, 0.1) is 5.92 Å². The van der Waals surface area contributed by atoms with Gasteiger partial charge in [0.05, 0.1) is 12.8 Å². The number of pyridine rings is 1. The molecule has 3 rings (SSSR count). The van der Waals surface area contributed by atoms with Gasteiger partial charge in [0.1, 0.15) is 5.75 Å². The number of ether oxygens (including phenoxy) is 1. The Balaban J connectivity index is 1.25. The lowest BCUT2D eigenvalue weighted by Crippen LogP contribution is -2.34. The maximum Gasteiger partial charge on any atom is 0.220 e. The Morgan fingerprint density at radius 3 is 3.12 bits per heavy atom. The number of rotatable bonds is 8. The zero-order valence-corrected chi connectivity index (χ0v) is 14.2. The number of carbonyl (C=O) groups excluding carboxylic acids is 1. The van der Waals surface area contributed by atoms with Crippen molar-refractivity contribution in [1.82, 2.24) is 21.2 Å². The van der Waals surface area contributed by atoms with Gasteiger partial charge in [0.2, 0.25) is 5.91 Å². The first kappa shape index (κ1) is 17.2. The third-order valence-electron chi connectivity index (χ3n) is 5.02. The average Bonchev–Trinajstić information content (AvgIpc) is 3.04. The normalized spacial score (nSPS) is 25.9. The molecule has 2 fully saturated rings. The predicted molar refractivity (Wildman–Crippen MR) is 92.4 cm³/mol. The maximum atomic E-state index is 12.0. The highest BCUT2D eigenvalue weighted by atomic mass is 16.5. The lowest BCUT2D eigenvalue weighted by atomic mass is 9.80. The molecule has 1 aliphatic heterocycles. The molecule has 1 aromatic rings. The fraction of sp³-hybridized carbons (Fsp3) is 0.667. The molecular formula is C18H28N4O2. The minimum absolute atomic E-state index is 0.137. The van der Waals surface area contributed by atoms with E-state index in [0.717, 1.165) is 18.6 Å². The number of nitrogens with one attached hydrogen (secondary N) is 3. The number of hydrazine groups is 1. The lowest BCUT2D eigenvalue weighted by molar-refractivity contribution is -0.121. The number of nitrogens with zero attached hydrogens (tertiary/aromatic N) is 1. The Labute approximate surface area is 143 Å². The Hall–Kier alpha value is -1.66. The number of carbonyl (C=O) groups is 1. The minimum atomic E-state index is 0.137. The lowest BCUT2D eigenvalue weighted by Gasteiger charge is -2.27. The molecule has 1 aromatic heterocycles. The van der Waals surface area contributed by atoms with Gasteiger partial charge in [-0.2, -0.15) is 0 Å². The van der Waals surface area contributed by atoms with Crippen LogP contribution in [-0.2, 0) is 4.79 Å². The summed E-state index contributed by atoms with van der Waals surface area (Å²) in [5, 5.41) is 2.98. The van der Waals surface area contributed by atoms with Gasteiger partial charge >= 0.3 is 0 Å². The third kappa shape index (κ3) is 4.92. The van der Waals surface area contributed by atoms with Gasteiger partial charge in [-0.05, 0) is 43.7 Å². The molecule has 0 spiro atoms. The van der Waals surface area contributed by atoms with Gasteiger partial charge in [-0.25, -0.2) is 0 Å². The summed E-state index contributed by atoms with van der Waals surface area (Å²) in [7, 11) is 0. The Morgan fingerprint density at radius 2 is 2.25 bits per heavy atom. The van der Waals surface area contributed by atoms with Gasteiger partial charge in [-0.15, -0.1) is 0 Å². The van der Waals surface area contributed by atoms with Gasteiger partial charge in [0.15, 0.2) is 0 Å². The SMILES string of the molecule is O=C(CCC1NNC2CCCCC21)NCCCOc1cccnc1. The van der Waals surface area contributed by atoms with E-state index < -0.39 is 0 Å². The summed E-state index contributed by atoms with van der Waals surface area (Å²) in [4.78, 5) is 16.0. The monoisotopic (exact) mass is 332 g/mol. The smallest absolute Gasteiger partial charge is 0.220 e. The van der Waals surface area contributed by atoms with Gasteiger partial charge in [-0.1, -0.05) is 12.8 Å². The summed E-state index contributed by atoms with van der Waals surface area (Å²) in [5.41, 5.74) is 6.80. The van der Waals surface area contributed by atoms with Crippen LogP contribution in [0.15, 0.2) is 24.5 Å². The Morgan fingerprint density at radius 1 is 1.33 bits per heavy atom. The van der Waals surface area contributed by atoms with Gasteiger partial charge < -0.3 is 10.1 Å². The highest BCUT2D eigenvalue weighted by Gasteiger charge is 2.36. The molecule has 1 amide bonds. The second-order valence-electron chi connectivity index (χ2n) is 6.73. The first-order chi connectivity index (χ1) is 11.8. The van der Waals surface area contributed by atoms with Crippen LogP contribution in [0.2, 0.25) is 0 Å². The Bertz CT molecular complexity index is 511. The summed E-state index contributed by atoms with van der Waals surface area (Å²) in [6.07, 6.45) is 10.9. The van der Waals surface area contributed by atoms with E-state index >= 15 is 0 Å². The van der Waals surface area contributed by atoms with Crippen LogP contribution < -0.4 is 20.9 Å². The molecule has 3 N–H and O–H groups in total. The zero-order valence-electron chi connectivity index (χ0n) is 14.2. The molecule has 3 atom stereocenters. The molecule has 0 aromatic carbocycles. The zero-order chi connectivity index (χ0) is 16.6. The summed E-state index contributed by atoms with van der Waals surface area (Å²) in [6.45, 7) is 1.24. The first-order valence-corrected chi connectivity index (χ1v) is 9.13. The molecule has 2 aliphatic rings. The quantitative estimate of drug-likeness (QED) is 0.633. The van der Waals surface area contributed by atoms with Crippen LogP contribution >= 0.6 is 0 Å². The number of aromatic nitrogens is 1. The number of fused-ring (bicyclic) bond motifs is 1. The Kier molecular flexibility index (Phi) is 6.43. The molecule has 1 saturated carbocycles. The predicted octanol–water partition coefficient (Wildman–Crippen LogP) is 1.78. The highest BCUT2D eigenvalue weighted by Crippen LogP contribution is 2.31. The molecule has 6 nitrogen and oxygen atoms in total. The van der Waals surface area contributed by atoms with Crippen LogP contribution in [-0.4, -0.2) is 36.1 Å². The molecule has 0 bridgehead atoms. The van der Waals surface area contributed by atoms with E-state index in [1.54, 1.807) is 12.4 Å². The van der Waals surface area contributed by atoms with E-state index in [2.05, 4.69) is 21.2 Å². The summed E-state index contributed by atoms with van der Waals surface area (Å²) >= 11 is 0. The summed E-state index contributed by atoms with van der Waals surface area (Å²) in [6, 6.07) is 4.78. The van der Waals surface area contributed by atoms with Crippen molar-refractivity contribution in [2.75, 3.05) is 13.2 Å². The third-order valence-corrected chi connectivity index (χ3v) is 5.02. The largest absolute Gasteiger partial charge is 0.492 e.